The molecular weight excluding hydrogens is 258 g/mol. The molecule has 1 unspecified atom stereocenters. The third-order valence-electron chi connectivity index (χ3n) is 3.65. The van der Waals surface area contributed by atoms with Crippen molar-refractivity contribution in [2.75, 3.05) is 11.9 Å². The summed E-state index contributed by atoms with van der Waals surface area (Å²) in [5.41, 5.74) is 4.98. The number of ether oxygens (including phenoxy) is 1. The molecule has 0 heterocycles. The van der Waals surface area contributed by atoms with Crippen molar-refractivity contribution >= 4 is 5.69 Å². The van der Waals surface area contributed by atoms with Gasteiger partial charge in [0.1, 0.15) is 11.9 Å². The van der Waals surface area contributed by atoms with E-state index in [4.69, 9.17) is 4.74 Å². The first-order valence-electron chi connectivity index (χ1n) is 7.63. The molecule has 0 spiro atoms. The normalized spacial score (nSPS) is 12.0. The zero-order valence-electron chi connectivity index (χ0n) is 13.4. The standard InChI is InChI=1S/C19H25NO/c1-5-17(21-18-8-6-7-14(2)12-18)13-20-19-10-9-15(3)11-16(19)4/h6-12,17,20H,5,13H2,1-4H3. The molecule has 112 valence electrons. The van der Waals surface area contributed by atoms with Crippen LogP contribution in [0.5, 0.6) is 5.75 Å². The van der Waals surface area contributed by atoms with Crippen molar-refractivity contribution in [1.82, 2.24) is 0 Å². The number of hydrogen-bond donors (Lipinski definition) is 1. The van der Waals surface area contributed by atoms with Gasteiger partial charge >= 0.3 is 0 Å². The molecular formula is C19H25NO. The molecule has 0 saturated heterocycles. The topological polar surface area (TPSA) is 21.3 Å². The molecule has 1 N–H and O–H groups in total. The molecule has 2 heteroatoms. The molecule has 0 radical (unpaired) electrons. The third-order valence-corrected chi connectivity index (χ3v) is 3.65. The van der Waals surface area contributed by atoms with Gasteiger partial charge in [-0.1, -0.05) is 36.8 Å². The fourth-order valence-electron chi connectivity index (χ4n) is 2.39. The molecule has 0 aromatic heterocycles. The van der Waals surface area contributed by atoms with Crippen molar-refractivity contribution in [3.05, 3.63) is 59.2 Å². The van der Waals surface area contributed by atoms with E-state index in [1.807, 2.05) is 12.1 Å². The summed E-state index contributed by atoms with van der Waals surface area (Å²) in [5, 5.41) is 3.50. The summed E-state index contributed by atoms with van der Waals surface area (Å²) in [5.74, 6) is 0.948. The first kappa shape index (κ1) is 15.4. The molecule has 0 aliphatic rings. The molecule has 0 aliphatic carbocycles. The maximum absolute atomic E-state index is 6.07. The van der Waals surface area contributed by atoms with E-state index in [9.17, 15) is 0 Å². The highest BCUT2D eigenvalue weighted by atomic mass is 16.5. The Kier molecular flexibility index (Phi) is 5.26. The van der Waals surface area contributed by atoms with Gasteiger partial charge in [-0.3, -0.25) is 0 Å². The molecule has 2 aromatic carbocycles. The lowest BCUT2D eigenvalue weighted by molar-refractivity contribution is 0.210. The van der Waals surface area contributed by atoms with Crippen molar-refractivity contribution < 1.29 is 4.74 Å². The lowest BCUT2D eigenvalue weighted by Gasteiger charge is -2.20. The molecule has 1 atom stereocenters. The SMILES string of the molecule is CCC(CNc1ccc(C)cc1C)Oc1cccc(C)c1. The fraction of sp³-hybridized carbons (Fsp3) is 0.368. The van der Waals surface area contributed by atoms with Crippen LogP contribution in [-0.4, -0.2) is 12.6 Å². The monoisotopic (exact) mass is 283 g/mol. The summed E-state index contributed by atoms with van der Waals surface area (Å²) in [6, 6.07) is 14.7. The zero-order valence-corrected chi connectivity index (χ0v) is 13.4. The van der Waals surface area contributed by atoms with Gasteiger partial charge in [-0.2, -0.15) is 0 Å². The lowest BCUT2D eigenvalue weighted by Crippen LogP contribution is -2.25. The van der Waals surface area contributed by atoms with Crippen molar-refractivity contribution in [1.29, 1.82) is 0 Å². The van der Waals surface area contributed by atoms with E-state index >= 15 is 0 Å². The highest BCUT2D eigenvalue weighted by Gasteiger charge is 2.09. The summed E-state index contributed by atoms with van der Waals surface area (Å²) in [7, 11) is 0. The molecule has 0 amide bonds. The first-order chi connectivity index (χ1) is 10.1. The Balaban J connectivity index is 1.96. The summed E-state index contributed by atoms with van der Waals surface area (Å²) >= 11 is 0. The largest absolute Gasteiger partial charge is 0.489 e. The minimum Gasteiger partial charge on any atom is -0.489 e. The van der Waals surface area contributed by atoms with Gasteiger partial charge in [-0.05, 0) is 56.5 Å². The van der Waals surface area contributed by atoms with Crippen LogP contribution in [0.2, 0.25) is 0 Å². The average molecular weight is 283 g/mol. The smallest absolute Gasteiger partial charge is 0.120 e. The number of rotatable bonds is 6. The molecule has 2 nitrogen and oxygen atoms in total. The first-order valence-corrected chi connectivity index (χ1v) is 7.63. The van der Waals surface area contributed by atoms with E-state index in [0.29, 0.717) is 0 Å². The van der Waals surface area contributed by atoms with Crippen LogP contribution in [0.4, 0.5) is 5.69 Å². The zero-order chi connectivity index (χ0) is 15.2. The van der Waals surface area contributed by atoms with Crippen LogP contribution >= 0.6 is 0 Å². The van der Waals surface area contributed by atoms with E-state index in [2.05, 4.69) is 63.3 Å². The van der Waals surface area contributed by atoms with Crippen LogP contribution in [0, 0.1) is 20.8 Å². The minimum atomic E-state index is 0.174. The van der Waals surface area contributed by atoms with Crippen molar-refractivity contribution in [2.24, 2.45) is 0 Å². The molecule has 0 bridgehead atoms. The Hall–Kier alpha value is -1.96. The van der Waals surface area contributed by atoms with Gasteiger partial charge < -0.3 is 10.1 Å². The second-order valence-corrected chi connectivity index (χ2v) is 5.66. The molecule has 0 fully saturated rings. The van der Waals surface area contributed by atoms with E-state index in [1.165, 1.54) is 22.4 Å². The fourth-order valence-corrected chi connectivity index (χ4v) is 2.39. The second-order valence-electron chi connectivity index (χ2n) is 5.66. The molecule has 2 aromatic rings. The predicted octanol–water partition coefficient (Wildman–Crippen LogP) is 4.88. The number of benzene rings is 2. The van der Waals surface area contributed by atoms with Crippen LogP contribution in [0.25, 0.3) is 0 Å². The van der Waals surface area contributed by atoms with E-state index in [0.717, 1.165) is 18.7 Å². The number of anilines is 1. The Labute approximate surface area is 128 Å². The van der Waals surface area contributed by atoms with E-state index in [1.54, 1.807) is 0 Å². The summed E-state index contributed by atoms with van der Waals surface area (Å²) < 4.78 is 6.07. The van der Waals surface area contributed by atoms with Gasteiger partial charge in [0.15, 0.2) is 0 Å². The summed E-state index contributed by atoms with van der Waals surface area (Å²) in [6.45, 7) is 9.31. The Morgan fingerprint density at radius 3 is 2.43 bits per heavy atom. The summed E-state index contributed by atoms with van der Waals surface area (Å²) in [6.07, 6.45) is 1.15. The van der Waals surface area contributed by atoms with Gasteiger partial charge in [0.2, 0.25) is 0 Å². The van der Waals surface area contributed by atoms with Gasteiger partial charge in [-0.25, -0.2) is 0 Å². The van der Waals surface area contributed by atoms with Gasteiger partial charge in [0, 0.05) is 5.69 Å². The second kappa shape index (κ2) is 7.16. The number of hydrogen-bond acceptors (Lipinski definition) is 2. The average Bonchev–Trinajstić information content (AvgIpc) is 2.45. The molecule has 0 saturated carbocycles. The molecule has 0 aliphatic heterocycles. The van der Waals surface area contributed by atoms with Gasteiger partial charge in [0.25, 0.3) is 0 Å². The minimum absolute atomic E-state index is 0.174. The van der Waals surface area contributed by atoms with E-state index < -0.39 is 0 Å². The lowest BCUT2D eigenvalue weighted by atomic mass is 10.1. The van der Waals surface area contributed by atoms with Crippen molar-refractivity contribution in [3.63, 3.8) is 0 Å². The molecule has 21 heavy (non-hydrogen) atoms. The van der Waals surface area contributed by atoms with Crippen molar-refractivity contribution in [2.45, 2.75) is 40.2 Å². The maximum Gasteiger partial charge on any atom is 0.120 e. The molecule has 2 rings (SSSR count). The summed E-state index contributed by atoms with van der Waals surface area (Å²) in [4.78, 5) is 0. The van der Waals surface area contributed by atoms with Crippen LogP contribution in [0.15, 0.2) is 42.5 Å². The Morgan fingerprint density at radius 1 is 1.00 bits per heavy atom. The number of nitrogens with one attached hydrogen (secondary N) is 1. The quantitative estimate of drug-likeness (QED) is 0.815. The van der Waals surface area contributed by atoms with E-state index in [-0.39, 0.29) is 6.10 Å². The van der Waals surface area contributed by atoms with Crippen LogP contribution in [0.3, 0.4) is 0 Å². The number of aryl methyl sites for hydroxylation is 3. The van der Waals surface area contributed by atoms with Crippen LogP contribution in [0.1, 0.15) is 30.0 Å². The van der Waals surface area contributed by atoms with Crippen molar-refractivity contribution in [3.8, 4) is 5.75 Å². The van der Waals surface area contributed by atoms with Crippen LogP contribution in [-0.2, 0) is 0 Å². The Bertz CT molecular complexity index is 592. The van der Waals surface area contributed by atoms with Gasteiger partial charge in [-0.15, -0.1) is 0 Å². The predicted molar refractivity (Wildman–Crippen MR) is 90.3 cm³/mol. The highest BCUT2D eigenvalue weighted by Crippen LogP contribution is 2.18. The third kappa shape index (κ3) is 4.52. The Morgan fingerprint density at radius 2 is 1.76 bits per heavy atom. The highest BCUT2D eigenvalue weighted by molar-refractivity contribution is 5.52. The van der Waals surface area contributed by atoms with Gasteiger partial charge in [0.05, 0.1) is 6.54 Å². The van der Waals surface area contributed by atoms with Crippen LogP contribution < -0.4 is 10.1 Å². The maximum atomic E-state index is 6.07.